The summed E-state index contributed by atoms with van der Waals surface area (Å²) in [5.74, 6) is 0.159. The standard InChI is InChI=1S/C21H23N3O4/c1-15(23-12-10-17(11-13-23)16-6-4-3-5-7-16)21(25)22-19-14-18(24(26)27)8-9-20(19)28-2/h3-10,14-15H,11-13H2,1-2H3,(H,22,25)/t15-/m0/s1. The number of nitrogens with one attached hydrogen (secondary N) is 1. The van der Waals surface area contributed by atoms with Crippen molar-refractivity contribution in [1.82, 2.24) is 4.90 Å². The molecule has 7 heteroatoms. The van der Waals surface area contributed by atoms with Crippen molar-refractivity contribution in [2.45, 2.75) is 19.4 Å². The number of rotatable bonds is 6. The van der Waals surface area contributed by atoms with E-state index in [1.54, 1.807) is 0 Å². The second-order valence-corrected chi connectivity index (χ2v) is 6.65. The lowest BCUT2D eigenvalue weighted by Crippen LogP contribution is -2.44. The number of hydrogen-bond donors (Lipinski definition) is 1. The Labute approximate surface area is 163 Å². The molecule has 0 spiro atoms. The lowest BCUT2D eigenvalue weighted by atomic mass is 9.99. The minimum absolute atomic E-state index is 0.0999. The van der Waals surface area contributed by atoms with Gasteiger partial charge in [0.1, 0.15) is 5.75 Å². The zero-order valence-electron chi connectivity index (χ0n) is 15.9. The summed E-state index contributed by atoms with van der Waals surface area (Å²) in [5.41, 5.74) is 2.69. The quantitative estimate of drug-likeness (QED) is 0.609. The molecule has 2 aromatic carbocycles. The molecule has 1 atom stereocenters. The molecule has 2 aromatic rings. The largest absolute Gasteiger partial charge is 0.495 e. The van der Waals surface area contributed by atoms with Crippen LogP contribution in [0.1, 0.15) is 18.9 Å². The number of nitro benzene ring substituents is 1. The van der Waals surface area contributed by atoms with Gasteiger partial charge in [-0.25, -0.2) is 0 Å². The monoisotopic (exact) mass is 381 g/mol. The molecule has 1 aliphatic rings. The maximum absolute atomic E-state index is 12.7. The molecule has 1 N–H and O–H groups in total. The van der Waals surface area contributed by atoms with Gasteiger partial charge in [0, 0.05) is 25.2 Å². The van der Waals surface area contributed by atoms with Crippen LogP contribution in [0.3, 0.4) is 0 Å². The molecule has 1 amide bonds. The molecule has 0 saturated heterocycles. The first-order valence-electron chi connectivity index (χ1n) is 9.11. The van der Waals surface area contributed by atoms with E-state index in [-0.39, 0.29) is 17.6 Å². The van der Waals surface area contributed by atoms with E-state index < -0.39 is 4.92 Å². The van der Waals surface area contributed by atoms with Crippen molar-refractivity contribution in [3.63, 3.8) is 0 Å². The van der Waals surface area contributed by atoms with Crippen LogP contribution in [-0.2, 0) is 4.79 Å². The van der Waals surface area contributed by atoms with E-state index in [1.165, 1.54) is 36.4 Å². The van der Waals surface area contributed by atoms with E-state index in [0.717, 1.165) is 13.0 Å². The molecule has 0 saturated carbocycles. The van der Waals surface area contributed by atoms with Gasteiger partial charge in [0.15, 0.2) is 0 Å². The summed E-state index contributed by atoms with van der Waals surface area (Å²) >= 11 is 0. The topological polar surface area (TPSA) is 84.7 Å². The third-order valence-electron chi connectivity index (χ3n) is 4.96. The van der Waals surface area contributed by atoms with E-state index in [9.17, 15) is 14.9 Å². The summed E-state index contributed by atoms with van der Waals surface area (Å²) in [5, 5.41) is 13.8. The van der Waals surface area contributed by atoms with Crippen LogP contribution in [0.2, 0.25) is 0 Å². The Bertz CT molecular complexity index is 896. The van der Waals surface area contributed by atoms with Gasteiger partial charge in [-0.1, -0.05) is 36.4 Å². The Morgan fingerprint density at radius 1 is 1.25 bits per heavy atom. The van der Waals surface area contributed by atoms with Gasteiger partial charge in [-0.05, 0) is 30.5 Å². The Balaban J connectivity index is 1.68. The summed E-state index contributed by atoms with van der Waals surface area (Å²) in [6.07, 6.45) is 3.01. The van der Waals surface area contributed by atoms with Crippen molar-refractivity contribution in [2.24, 2.45) is 0 Å². The van der Waals surface area contributed by atoms with Gasteiger partial charge in [0.05, 0.1) is 23.8 Å². The first kappa shape index (κ1) is 19.6. The third kappa shape index (κ3) is 4.37. The second kappa shape index (κ2) is 8.67. The highest BCUT2D eigenvalue weighted by Crippen LogP contribution is 2.29. The van der Waals surface area contributed by atoms with Crippen LogP contribution in [0.5, 0.6) is 5.75 Å². The van der Waals surface area contributed by atoms with E-state index in [2.05, 4.69) is 28.4 Å². The molecular weight excluding hydrogens is 358 g/mol. The fourth-order valence-corrected chi connectivity index (χ4v) is 3.26. The van der Waals surface area contributed by atoms with Crippen LogP contribution in [0.4, 0.5) is 11.4 Å². The number of benzene rings is 2. The van der Waals surface area contributed by atoms with Crippen molar-refractivity contribution in [1.29, 1.82) is 0 Å². The summed E-state index contributed by atoms with van der Waals surface area (Å²) < 4.78 is 5.21. The van der Waals surface area contributed by atoms with E-state index in [4.69, 9.17) is 4.74 Å². The SMILES string of the molecule is COc1ccc([N+](=O)[O-])cc1NC(=O)[C@H](C)N1CC=C(c2ccccc2)CC1. The Hall–Kier alpha value is -3.19. The molecule has 28 heavy (non-hydrogen) atoms. The van der Waals surface area contributed by atoms with E-state index in [1.807, 2.05) is 25.1 Å². The molecule has 146 valence electrons. The first-order valence-corrected chi connectivity index (χ1v) is 9.11. The summed E-state index contributed by atoms with van der Waals surface area (Å²) in [7, 11) is 1.46. The molecule has 0 fully saturated rings. The number of nitrogens with zero attached hydrogens (tertiary/aromatic N) is 2. The van der Waals surface area contributed by atoms with Crippen molar-refractivity contribution in [3.8, 4) is 5.75 Å². The zero-order chi connectivity index (χ0) is 20.1. The average molecular weight is 381 g/mol. The summed E-state index contributed by atoms with van der Waals surface area (Å²) in [6, 6.07) is 14.0. The van der Waals surface area contributed by atoms with Gasteiger partial charge in [0.25, 0.3) is 5.69 Å². The second-order valence-electron chi connectivity index (χ2n) is 6.65. The predicted octanol–water partition coefficient (Wildman–Crippen LogP) is 3.72. The number of ether oxygens (including phenoxy) is 1. The molecular formula is C21H23N3O4. The molecule has 1 heterocycles. The van der Waals surface area contributed by atoms with Gasteiger partial charge in [-0.2, -0.15) is 0 Å². The fraction of sp³-hybridized carbons (Fsp3) is 0.286. The first-order chi connectivity index (χ1) is 13.5. The fourth-order valence-electron chi connectivity index (χ4n) is 3.26. The maximum Gasteiger partial charge on any atom is 0.271 e. The highest BCUT2D eigenvalue weighted by molar-refractivity contribution is 5.96. The minimum atomic E-state index is -0.501. The van der Waals surface area contributed by atoms with Gasteiger partial charge < -0.3 is 10.1 Å². The molecule has 0 bridgehead atoms. The zero-order valence-corrected chi connectivity index (χ0v) is 15.9. The summed E-state index contributed by atoms with van der Waals surface area (Å²) in [4.78, 5) is 25.3. The Morgan fingerprint density at radius 3 is 2.61 bits per heavy atom. The van der Waals surface area contributed by atoms with E-state index >= 15 is 0 Å². The Morgan fingerprint density at radius 2 is 2.00 bits per heavy atom. The Kier molecular flexibility index (Phi) is 6.06. The van der Waals surface area contributed by atoms with Crippen molar-refractivity contribution >= 4 is 22.9 Å². The van der Waals surface area contributed by atoms with Crippen LogP contribution in [-0.4, -0.2) is 42.0 Å². The van der Waals surface area contributed by atoms with Crippen LogP contribution in [0.25, 0.3) is 5.57 Å². The smallest absolute Gasteiger partial charge is 0.271 e. The van der Waals surface area contributed by atoms with Crippen molar-refractivity contribution in [2.75, 3.05) is 25.5 Å². The van der Waals surface area contributed by atoms with Crippen molar-refractivity contribution < 1.29 is 14.5 Å². The van der Waals surface area contributed by atoms with Crippen LogP contribution >= 0.6 is 0 Å². The number of carbonyl (C=O) groups excluding carboxylic acids is 1. The van der Waals surface area contributed by atoms with Gasteiger partial charge in [-0.3, -0.25) is 19.8 Å². The number of nitro groups is 1. The van der Waals surface area contributed by atoms with Crippen LogP contribution in [0.15, 0.2) is 54.6 Å². The van der Waals surface area contributed by atoms with E-state index in [0.29, 0.717) is 18.0 Å². The molecule has 7 nitrogen and oxygen atoms in total. The number of amides is 1. The van der Waals surface area contributed by atoms with Gasteiger partial charge >= 0.3 is 0 Å². The molecule has 0 aromatic heterocycles. The number of methoxy groups -OCH3 is 1. The van der Waals surface area contributed by atoms with Crippen LogP contribution in [0, 0.1) is 10.1 Å². The predicted molar refractivity (Wildman–Crippen MR) is 108 cm³/mol. The lowest BCUT2D eigenvalue weighted by molar-refractivity contribution is -0.384. The number of anilines is 1. The molecule has 1 aliphatic heterocycles. The number of carbonyl (C=O) groups is 1. The highest BCUT2D eigenvalue weighted by atomic mass is 16.6. The molecule has 0 unspecified atom stereocenters. The maximum atomic E-state index is 12.7. The molecule has 0 aliphatic carbocycles. The number of non-ortho nitro benzene ring substituents is 1. The van der Waals surface area contributed by atoms with Gasteiger partial charge in [-0.15, -0.1) is 0 Å². The molecule has 3 rings (SSSR count). The normalized spacial score (nSPS) is 15.4. The lowest BCUT2D eigenvalue weighted by Gasteiger charge is -2.31. The third-order valence-corrected chi connectivity index (χ3v) is 4.96. The van der Waals surface area contributed by atoms with Gasteiger partial charge in [0.2, 0.25) is 5.91 Å². The average Bonchev–Trinajstić information content (AvgIpc) is 2.73. The summed E-state index contributed by atoms with van der Waals surface area (Å²) in [6.45, 7) is 3.27. The molecule has 0 radical (unpaired) electrons. The number of hydrogen-bond acceptors (Lipinski definition) is 5. The minimum Gasteiger partial charge on any atom is -0.495 e. The highest BCUT2D eigenvalue weighted by Gasteiger charge is 2.24. The van der Waals surface area contributed by atoms with Crippen LogP contribution < -0.4 is 10.1 Å². The van der Waals surface area contributed by atoms with Crippen molar-refractivity contribution in [3.05, 3.63) is 70.3 Å².